The smallest absolute Gasteiger partial charge is 0.142 e. The Labute approximate surface area is 177 Å². The van der Waals surface area contributed by atoms with Gasteiger partial charge in [-0.3, -0.25) is 0 Å². The lowest BCUT2D eigenvalue weighted by atomic mass is 9.89. The lowest BCUT2D eigenvalue weighted by molar-refractivity contribution is 0.306. The van der Waals surface area contributed by atoms with Crippen LogP contribution < -0.4 is 10.5 Å². The number of anilines is 1. The van der Waals surface area contributed by atoms with Crippen molar-refractivity contribution < 1.29 is 9.13 Å². The van der Waals surface area contributed by atoms with Crippen LogP contribution in [0.2, 0.25) is 5.02 Å². The number of nitriles is 1. The molecule has 148 valence electrons. The van der Waals surface area contributed by atoms with Gasteiger partial charge in [0.15, 0.2) is 0 Å². The molecule has 4 rings (SSSR count). The fraction of sp³-hybridized carbons (Fsp3) is 0.273. The van der Waals surface area contributed by atoms with E-state index in [9.17, 15) is 9.65 Å². The number of pyridine rings is 1. The summed E-state index contributed by atoms with van der Waals surface area (Å²) in [6.07, 6.45) is 3.97. The minimum atomic E-state index is -0.402. The van der Waals surface area contributed by atoms with Crippen molar-refractivity contribution in [3.63, 3.8) is 0 Å². The quantitative estimate of drug-likeness (QED) is 0.569. The Hall–Kier alpha value is -2.62. The molecule has 0 radical (unpaired) electrons. The molecule has 2 heterocycles. The van der Waals surface area contributed by atoms with Crippen LogP contribution in [-0.4, -0.2) is 4.98 Å². The van der Waals surface area contributed by atoms with Gasteiger partial charge in [0.1, 0.15) is 35.6 Å². The number of nitrogen functional groups attached to an aromatic ring is 1. The molecule has 7 heteroatoms. The maximum absolute atomic E-state index is 13.2. The van der Waals surface area contributed by atoms with Crippen LogP contribution in [0.1, 0.15) is 40.1 Å². The third-order valence-electron chi connectivity index (χ3n) is 5.16. The number of hydrogen-bond acceptors (Lipinski definition) is 5. The predicted octanol–water partition coefficient (Wildman–Crippen LogP) is 5.82. The Kier molecular flexibility index (Phi) is 5.44. The lowest BCUT2D eigenvalue weighted by Gasteiger charge is -2.20. The minimum Gasteiger partial charge on any atom is -0.487 e. The van der Waals surface area contributed by atoms with Gasteiger partial charge in [-0.2, -0.15) is 5.26 Å². The van der Waals surface area contributed by atoms with Crippen molar-refractivity contribution in [3.8, 4) is 22.3 Å². The van der Waals surface area contributed by atoms with Gasteiger partial charge in [0.25, 0.3) is 0 Å². The van der Waals surface area contributed by atoms with Crippen LogP contribution in [0, 0.1) is 24.1 Å². The summed E-state index contributed by atoms with van der Waals surface area (Å²) in [5, 5.41) is 9.94. The van der Waals surface area contributed by atoms with Gasteiger partial charge in [-0.25, -0.2) is 9.37 Å². The average molecular weight is 428 g/mol. The molecular formula is C22H19ClFN3OS. The van der Waals surface area contributed by atoms with Crippen LogP contribution in [0.4, 0.5) is 10.2 Å². The van der Waals surface area contributed by atoms with E-state index < -0.39 is 5.82 Å². The van der Waals surface area contributed by atoms with E-state index in [0.717, 1.165) is 57.8 Å². The summed E-state index contributed by atoms with van der Waals surface area (Å²) in [5.41, 5.74) is 10.6. The number of hydrogen-bond donors (Lipinski definition) is 1. The first-order valence-corrected chi connectivity index (χ1v) is 10.6. The predicted molar refractivity (Wildman–Crippen MR) is 114 cm³/mol. The van der Waals surface area contributed by atoms with Crippen molar-refractivity contribution in [1.29, 1.82) is 5.26 Å². The molecule has 0 atom stereocenters. The van der Waals surface area contributed by atoms with Crippen LogP contribution in [0.15, 0.2) is 24.3 Å². The summed E-state index contributed by atoms with van der Waals surface area (Å²) >= 11 is 7.67. The van der Waals surface area contributed by atoms with Gasteiger partial charge in [-0.05, 0) is 62.4 Å². The molecule has 1 aromatic carbocycles. The van der Waals surface area contributed by atoms with Gasteiger partial charge in [-0.1, -0.05) is 11.6 Å². The van der Waals surface area contributed by atoms with E-state index in [1.807, 2.05) is 13.0 Å². The van der Waals surface area contributed by atoms with Crippen molar-refractivity contribution in [2.75, 3.05) is 5.73 Å². The minimum absolute atomic E-state index is 0.237. The Balaban J connectivity index is 1.70. The van der Waals surface area contributed by atoms with Crippen LogP contribution in [-0.2, 0) is 19.4 Å². The number of aryl methyl sites for hydroxylation is 2. The molecule has 0 unspecified atom stereocenters. The van der Waals surface area contributed by atoms with Crippen molar-refractivity contribution in [3.05, 3.63) is 62.4 Å². The maximum Gasteiger partial charge on any atom is 0.142 e. The van der Waals surface area contributed by atoms with Gasteiger partial charge < -0.3 is 10.5 Å². The molecule has 4 nitrogen and oxygen atoms in total. The standard InChI is InChI=1S/C22H19ClFN3OS/c1-12-13(11-28-19-7-6-14(24)9-17(19)23)8-20(29-12)21-15-4-2-3-5-18(15)27-22(26)16(21)10-25/h6-9H,2-5,11H2,1H3,(H2,26,27). The number of rotatable bonds is 4. The third-order valence-corrected chi connectivity index (χ3v) is 6.56. The van der Waals surface area contributed by atoms with Gasteiger partial charge in [0.2, 0.25) is 0 Å². The van der Waals surface area contributed by atoms with Crippen LogP contribution in [0.5, 0.6) is 5.75 Å². The molecule has 3 aromatic rings. The molecular weight excluding hydrogens is 409 g/mol. The Morgan fingerprint density at radius 2 is 2.10 bits per heavy atom. The van der Waals surface area contributed by atoms with Crippen LogP contribution in [0.25, 0.3) is 10.4 Å². The van der Waals surface area contributed by atoms with Crippen LogP contribution in [0.3, 0.4) is 0 Å². The summed E-state index contributed by atoms with van der Waals surface area (Å²) in [5.74, 6) is 0.328. The monoisotopic (exact) mass is 427 g/mol. The lowest BCUT2D eigenvalue weighted by Crippen LogP contribution is -2.11. The van der Waals surface area contributed by atoms with E-state index in [2.05, 4.69) is 11.1 Å². The first kappa shape index (κ1) is 19.7. The van der Waals surface area contributed by atoms with Crippen molar-refractivity contribution in [2.45, 2.75) is 39.2 Å². The highest BCUT2D eigenvalue weighted by Gasteiger charge is 2.23. The summed E-state index contributed by atoms with van der Waals surface area (Å²) in [4.78, 5) is 6.56. The number of halogens is 2. The Morgan fingerprint density at radius 3 is 2.86 bits per heavy atom. The van der Waals surface area contributed by atoms with E-state index in [1.165, 1.54) is 18.2 Å². The van der Waals surface area contributed by atoms with E-state index in [1.54, 1.807) is 11.3 Å². The van der Waals surface area contributed by atoms with E-state index in [4.69, 9.17) is 22.1 Å². The zero-order valence-corrected chi connectivity index (χ0v) is 17.5. The second kappa shape index (κ2) is 8.02. The van der Waals surface area contributed by atoms with Crippen molar-refractivity contribution in [2.24, 2.45) is 0 Å². The van der Waals surface area contributed by atoms with Gasteiger partial charge in [-0.15, -0.1) is 11.3 Å². The highest BCUT2D eigenvalue weighted by molar-refractivity contribution is 7.15. The number of benzene rings is 1. The molecule has 2 N–H and O–H groups in total. The molecule has 2 aromatic heterocycles. The maximum atomic E-state index is 13.2. The number of aromatic nitrogens is 1. The molecule has 0 fully saturated rings. The SMILES string of the molecule is Cc1sc(-c2c(C#N)c(N)nc3c2CCCC3)cc1COc1ccc(F)cc1Cl. The van der Waals surface area contributed by atoms with Crippen molar-refractivity contribution >= 4 is 28.8 Å². The van der Waals surface area contributed by atoms with Crippen molar-refractivity contribution in [1.82, 2.24) is 4.98 Å². The number of nitrogens with zero attached hydrogens (tertiary/aromatic N) is 2. The largest absolute Gasteiger partial charge is 0.487 e. The fourth-order valence-electron chi connectivity index (χ4n) is 3.68. The summed E-state index contributed by atoms with van der Waals surface area (Å²) in [6, 6.07) is 8.36. The van der Waals surface area contributed by atoms with Gasteiger partial charge >= 0.3 is 0 Å². The first-order chi connectivity index (χ1) is 14.0. The second-order valence-corrected chi connectivity index (χ2v) is 8.71. The fourth-order valence-corrected chi connectivity index (χ4v) is 5.01. The zero-order valence-electron chi connectivity index (χ0n) is 15.9. The molecule has 0 aliphatic heterocycles. The highest BCUT2D eigenvalue weighted by atomic mass is 35.5. The van der Waals surface area contributed by atoms with E-state index in [0.29, 0.717) is 23.7 Å². The second-order valence-electron chi connectivity index (χ2n) is 7.05. The number of fused-ring (bicyclic) bond motifs is 1. The summed E-state index contributed by atoms with van der Waals surface area (Å²) in [7, 11) is 0. The van der Waals surface area contributed by atoms with E-state index in [-0.39, 0.29) is 5.02 Å². The molecule has 0 amide bonds. The molecule has 1 aliphatic carbocycles. The molecule has 0 spiro atoms. The summed E-state index contributed by atoms with van der Waals surface area (Å²) < 4.78 is 19.0. The highest BCUT2D eigenvalue weighted by Crippen LogP contribution is 2.40. The summed E-state index contributed by atoms with van der Waals surface area (Å²) in [6.45, 7) is 2.32. The number of nitrogens with two attached hydrogens (primary N) is 1. The first-order valence-electron chi connectivity index (χ1n) is 9.36. The number of ether oxygens (including phenoxy) is 1. The molecule has 0 saturated heterocycles. The Morgan fingerprint density at radius 1 is 1.31 bits per heavy atom. The molecule has 29 heavy (non-hydrogen) atoms. The normalized spacial score (nSPS) is 13.0. The van der Waals surface area contributed by atoms with E-state index >= 15 is 0 Å². The molecule has 0 bridgehead atoms. The van der Waals surface area contributed by atoms with Crippen LogP contribution >= 0.6 is 22.9 Å². The molecule has 1 aliphatic rings. The Bertz CT molecular complexity index is 1140. The van der Waals surface area contributed by atoms with Gasteiger partial charge in [0, 0.05) is 26.6 Å². The average Bonchev–Trinajstić information content (AvgIpc) is 3.06. The third kappa shape index (κ3) is 3.81. The van der Waals surface area contributed by atoms with Gasteiger partial charge in [0.05, 0.1) is 5.02 Å². The molecule has 0 saturated carbocycles. The topological polar surface area (TPSA) is 71.9 Å². The zero-order chi connectivity index (χ0) is 20.5. The number of thiophene rings is 1.